The van der Waals surface area contributed by atoms with Crippen molar-refractivity contribution in [3.8, 4) is 6.07 Å². The number of nitro benzene ring substituents is 1. The van der Waals surface area contributed by atoms with Gasteiger partial charge in [-0.05, 0) is 36.4 Å². The summed E-state index contributed by atoms with van der Waals surface area (Å²) in [6, 6.07) is 14.0. The highest BCUT2D eigenvalue weighted by Gasteiger charge is 2.15. The molecule has 0 aliphatic heterocycles. The molecule has 0 spiro atoms. The molecule has 2 rings (SSSR count). The lowest BCUT2D eigenvalue weighted by Gasteiger charge is -2.04. The number of para-hydroxylation sites is 1. The smallest absolute Gasteiger partial charge is 0.276 e. The van der Waals surface area contributed by atoms with E-state index in [1.165, 1.54) is 24.3 Å². The normalized spacial score (nSPS) is 10.7. The van der Waals surface area contributed by atoms with Gasteiger partial charge in [0.25, 0.3) is 11.6 Å². The van der Waals surface area contributed by atoms with Gasteiger partial charge in [0.1, 0.15) is 11.6 Å². The standard InChI is InChI=1S/C16H10ClN3O3/c17-13-5-7-14(8-6-13)19-16(21)12(10-18)9-11-3-1-2-4-15(11)20(22)23/h1-9H,(H,19,21)/b12-9-. The van der Waals surface area contributed by atoms with Crippen molar-refractivity contribution in [2.45, 2.75) is 0 Å². The molecule has 0 atom stereocenters. The van der Waals surface area contributed by atoms with Gasteiger partial charge in [-0.25, -0.2) is 0 Å². The van der Waals surface area contributed by atoms with E-state index in [-0.39, 0.29) is 16.8 Å². The molecule has 0 radical (unpaired) electrons. The third-order valence-electron chi connectivity index (χ3n) is 2.90. The number of nitriles is 1. The van der Waals surface area contributed by atoms with Gasteiger partial charge in [-0.1, -0.05) is 23.7 Å². The van der Waals surface area contributed by atoms with Crippen LogP contribution in [0.4, 0.5) is 11.4 Å². The summed E-state index contributed by atoms with van der Waals surface area (Å²) in [6.45, 7) is 0. The van der Waals surface area contributed by atoms with Gasteiger partial charge in [0.2, 0.25) is 0 Å². The maximum absolute atomic E-state index is 12.1. The molecule has 114 valence electrons. The van der Waals surface area contributed by atoms with Crippen molar-refractivity contribution in [2.75, 3.05) is 5.32 Å². The molecule has 0 aliphatic carbocycles. The number of benzene rings is 2. The molecule has 0 fully saturated rings. The first-order chi connectivity index (χ1) is 11.0. The number of anilines is 1. The second-order valence-electron chi connectivity index (χ2n) is 4.45. The lowest BCUT2D eigenvalue weighted by Crippen LogP contribution is -2.13. The fourth-order valence-corrected chi connectivity index (χ4v) is 1.94. The number of halogens is 1. The Labute approximate surface area is 136 Å². The average Bonchev–Trinajstić information content (AvgIpc) is 2.54. The largest absolute Gasteiger partial charge is 0.321 e. The van der Waals surface area contributed by atoms with E-state index in [4.69, 9.17) is 16.9 Å². The van der Waals surface area contributed by atoms with Crippen molar-refractivity contribution >= 4 is 35.0 Å². The molecule has 0 aliphatic rings. The van der Waals surface area contributed by atoms with Gasteiger partial charge in [0, 0.05) is 16.8 Å². The van der Waals surface area contributed by atoms with Crippen molar-refractivity contribution in [2.24, 2.45) is 0 Å². The van der Waals surface area contributed by atoms with Crippen LogP contribution >= 0.6 is 11.6 Å². The summed E-state index contributed by atoms with van der Waals surface area (Å²) in [5.74, 6) is -0.659. The Balaban J connectivity index is 2.29. The van der Waals surface area contributed by atoms with Crippen LogP contribution in [0.2, 0.25) is 5.02 Å². The summed E-state index contributed by atoms with van der Waals surface area (Å²) in [6.07, 6.45) is 1.18. The minimum Gasteiger partial charge on any atom is -0.321 e. The molecule has 2 aromatic carbocycles. The van der Waals surface area contributed by atoms with Crippen LogP contribution in [0.25, 0.3) is 6.08 Å². The summed E-state index contributed by atoms with van der Waals surface area (Å²) in [4.78, 5) is 22.5. The van der Waals surface area contributed by atoms with E-state index >= 15 is 0 Å². The zero-order valence-electron chi connectivity index (χ0n) is 11.7. The van der Waals surface area contributed by atoms with E-state index in [9.17, 15) is 14.9 Å². The van der Waals surface area contributed by atoms with Crippen LogP contribution in [-0.4, -0.2) is 10.8 Å². The monoisotopic (exact) mass is 327 g/mol. The molecule has 7 heteroatoms. The molecule has 0 unspecified atom stereocenters. The minimum atomic E-state index is -0.659. The molecule has 1 amide bonds. The summed E-state index contributed by atoms with van der Waals surface area (Å²) in [7, 11) is 0. The van der Waals surface area contributed by atoms with E-state index < -0.39 is 10.8 Å². The summed E-state index contributed by atoms with van der Waals surface area (Å²) in [5.41, 5.74) is 0.220. The molecule has 0 aromatic heterocycles. The van der Waals surface area contributed by atoms with E-state index in [0.29, 0.717) is 10.7 Å². The van der Waals surface area contributed by atoms with Gasteiger partial charge in [-0.2, -0.15) is 5.26 Å². The van der Waals surface area contributed by atoms with E-state index in [1.54, 1.807) is 36.4 Å². The van der Waals surface area contributed by atoms with Crippen LogP contribution in [-0.2, 0) is 4.79 Å². The number of rotatable bonds is 4. The quantitative estimate of drug-likeness (QED) is 0.400. The molecular formula is C16H10ClN3O3. The molecule has 2 aromatic rings. The lowest BCUT2D eigenvalue weighted by atomic mass is 10.1. The number of hydrogen-bond donors (Lipinski definition) is 1. The predicted octanol–water partition coefficient (Wildman–Crippen LogP) is 3.79. The Bertz CT molecular complexity index is 823. The van der Waals surface area contributed by atoms with Crippen molar-refractivity contribution in [1.82, 2.24) is 0 Å². The van der Waals surface area contributed by atoms with Gasteiger partial charge < -0.3 is 5.32 Å². The number of carbonyl (C=O) groups excluding carboxylic acids is 1. The third-order valence-corrected chi connectivity index (χ3v) is 3.15. The zero-order chi connectivity index (χ0) is 16.8. The first-order valence-electron chi connectivity index (χ1n) is 6.43. The van der Waals surface area contributed by atoms with Gasteiger partial charge in [-0.15, -0.1) is 0 Å². The van der Waals surface area contributed by atoms with E-state index in [0.717, 1.165) is 0 Å². The fourth-order valence-electron chi connectivity index (χ4n) is 1.81. The van der Waals surface area contributed by atoms with Crippen LogP contribution in [0.5, 0.6) is 0 Å². The maximum Gasteiger partial charge on any atom is 0.276 e. The minimum absolute atomic E-state index is 0.181. The highest BCUT2D eigenvalue weighted by molar-refractivity contribution is 6.30. The Morgan fingerprint density at radius 3 is 2.48 bits per heavy atom. The lowest BCUT2D eigenvalue weighted by molar-refractivity contribution is -0.385. The van der Waals surface area contributed by atoms with Gasteiger partial charge in [0.05, 0.1) is 10.5 Å². The highest BCUT2D eigenvalue weighted by Crippen LogP contribution is 2.21. The second kappa shape index (κ2) is 7.20. The van der Waals surface area contributed by atoms with Gasteiger partial charge in [0.15, 0.2) is 0 Å². The molecule has 23 heavy (non-hydrogen) atoms. The number of amides is 1. The van der Waals surface area contributed by atoms with Crippen LogP contribution in [0.15, 0.2) is 54.1 Å². The number of carbonyl (C=O) groups is 1. The van der Waals surface area contributed by atoms with Gasteiger partial charge in [-0.3, -0.25) is 14.9 Å². The first kappa shape index (κ1) is 16.2. The van der Waals surface area contributed by atoms with Crippen LogP contribution in [0.3, 0.4) is 0 Å². The predicted molar refractivity (Wildman–Crippen MR) is 86.8 cm³/mol. The summed E-state index contributed by atoms with van der Waals surface area (Å²) < 4.78 is 0. The van der Waals surface area contributed by atoms with Crippen LogP contribution in [0, 0.1) is 21.4 Å². The number of nitrogens with zero attached hydrogens (tertiary/aromatic N) is 2. The van der Waals surface area contributed by atoms with E-state index in [2.05, 4.69) is 5.32 Å². The van der Waals surface area contributed by atoms with Gasteiger partial charge >= 0.3 is 0 Å². The van der Waals surface area contributed by atoms with Crippen molar-refractivity contribution < 1.29 is 9.72 Å². The molecule has 0 saturated carbocycles. The van der Waals surface area contributed by atoms with E-state index in [1.807, 2.05) is 0 Å². The summed E-state index contributed by atoms with van der Waals surface area (Å²) >= 11 is 5.75. The molecule has 0 bridgehead atoms. The Morgan fingerprint density at radius 2 is 1.87 bits per heavy atom. The Hall–Kier alpha value is -3.17. The van der Waals surface area contributed by atoms with Crippen LogP contribution < -0.4 is 5.32 Å². The molecule has 1 N–H and O–H groups in total. The third kappa shape index (κ3) is 4.15. The topological polar surface area (TPSA) is 96.0 Å². The SMILES string of the molecule is N#C/C(=C/c1ccccc1[N+](=O)[O-])C(=O)Nc1ccc(Cl)cc1. The van der Waals surface area contributed by atoms with Crippen molar-refractivity contribution in [3.05, 3.63) is 74.8 Å². The molecule has 6 nitrogen and oxygen atoms in total. The van der Waals surface area contributed by atoms with Crippen molar-refractivity contribution in [1.29, 1.82) is 5.26 Å². The van der Waals surface area contributed by atoms with Crippen molar-refractivity contribution in [3.63, 3.8) is 0 Å². The second-order valence-corrected chi connectivity index (χ2v) is 4.88. The highest BCUT2D eigenvalue weighted by atomic mass is 35.5. The average molecular weight is 328 g/mol. The molecule has 0 saturated heterocycles. The molecule has 0 heterocycles. The number of hydrogen-bond acceptors (Lipinski definition) is 4. The van der Waals surface area contributed by atoms with Crippen LogP contribution in [0.1, 0.15) is 5.56 Å². The number of nitrogens with one attached hydrogen (secondary N) is 1. The fraction of sp³-hybridized carbons (Fsp3) is 0. The Kier molecular flexibility index (Phi) is 5.07. The molecular weight excluding hydrogens is 318 g/mol. The first-order valence-corrected chi connectivity index (χ1v) is 6.81. The summed E-state index contributed by atoms with van der Waals surface area (Å²) in [5, 5.41) is 23.1. The maximum atomic E-state index is 12.1. The number of nitro groups is 1. The zero-order valence-corrected chi connectivity index (χ0v) is 12.4. The Morgan fingerprint density at radius 1 is 1.22 bits per heavy atom.